The Morgan fingerprint density at radius 1 is 1.16 bits per heavy atom. The summed E-state index contributed by atoms with van der Waals surface area (Å²) in [6, 6.07) is 12.3. The Balaban J connectivity index is 1.62. The van der Waals surface area contributed by atoms with E-state index >= 15 is 0 Å². The number of aromatic amines is 1. The largest absolute Gasteiger partial charge is 0.397 e. The Labute approximate surface area is 185 Å². The molecule has 0 spiro atoms. The Bertz CT molecular complexity index is 1230. The molecule has 4 rings (SSSR count). The number of carbonyl (C=O) groups is 2. The van der Waals surface area contributed by atoms with Gasteiger partial charge in [-0.15, -0.1) is 0 Å². The number of H-pyrrole nitrogens is 1. The van der Waals surface area contributed by atoms with Crippen LogP contribution in [0.2, 0.25) is 5.02 Å². The standard InChI is InChI=1S/C24H23ClN4O2/c1-12-21(27-14(3)22(12)26)11-19-18-10-16(6-9-20(18)29-24(19)31)23(30)28-13(2)15-4-7-17(25)8-5-15/h4-11,13,27H,26H2,1-3H3,(H,28,30)(H,29,31)/b19-11-. The van der Waals surface area contributed by atoms with Crippen molar-refractivity contribution in [1.82, 2.24) is 10.3 Å². The number of nitrogens with one attached hydrogen (secondary N) is 3. The third kappa shape index (κ3) is 3.94. The maximum Gasteiger partial charge on any atom is 0.256 e. The lowest BCUT2D eigenvalue weighted by molar-refractivity contribution is -0.110. The van der Waals surface area contributed by atoms with Crippen molar-refractivity contribution in [3.05, 3.63) is 81.1 Å². The molecule has 0 radical (unpaired) electrons. The van der Waals surface area contributed by atoms with Gasteiger partial charge in [-0.2, -0.15) is 0 Å². The minimum atomic E-state index is -0.222. The molecule has 1 aliphatic rings. The highest BCUT2D eigenvalue weighted by atomic mass is 35.5. The van der Waals surface area contributed by atoms with E-state index in [0.29, 0.717) is 33.1 Å². The van der Waals surface area contributed by atoms with Gasteiger partial charge in [0, 0.05) is 33.2 Å². The van der Waals surface area contributed by atoms with Gasteiger partial charge in [0.15, 0.2) is 0 Å². The smallest absolute Gasteiger partial charge is 0.256 e. The Morgan fingerprint density at radius 2 is 1.87 bits per heavy atom. The lowest BCUT2D eigenvalue weighted by Crippen LogP contribution is -2.26. The van der Waals surface area contributed by atoms with E-state index in [1.165, 1.54) is 0 Å². The number of rotatable bonds is 4. The van der Waals surface area contributed by atoms with Gasteiger partial charge in [0.25, 0.3) is 11.8 Å². The van der Waals surface area contributed by atoms with Crippen molar-refractivity contribution in [2.75, 3.05) is 11.1 Å². The number of nitrogen functional groups attached to an aromatic ring is 1. The quantitative estimate of drug-likeness (QED) is 0.441. The zero-order valence-electron chi connectivity index (χ0n) is 17.5. The van der Waals surface area contributed by atoms with Crippen molar-refractivity contribution in [3.8, 4) is 0 Å². The molecule has 31 heavy (non-hydrogen) atoms. The molecule has 1 aromatic heterocycles. The van der Waals surface area contributed by atoms with Gasteiger partial charge in [0.1, 0.15) is 0 Å². The Kier molecular flexibility index (Phi) is 5.33. The van der Waals surface area contributed by atoms with Crippen LogP contribution < -0.4 is 16.4 Å². The van der Waals surface area contributed by atoms with E-state index in [1.54, 1.807) is 36.4 Å². The van der Waals surface area contributed by atoms with E-state index in [2.05, 4.69) is 15.6 Å². The molecule has 3 aromatic rings. The number of aromatic nitrogens is 1. The van der Waals surface area contributed by atoms with Crippen molar-refractivity contribution in [2.45, 2.75) is 26.8 Å². The highest BCUT2D eigenvalue weighted by Gasteiger charge is 2.26. The third-order valence-electron chi connectivity index (χ3n) is 5.61. The Hall–Kier alpha value is -3.51. The summed E-state index contributed by atoms with van der Waals surface area (Å²) in [4.78, 5) is 28.6. The molecule has 2 heterocycles. The number of halogens is 1. The van der Waals surface area contributed by atoms with Crippen molar-refractivity contribution in [2.24, 2.45) is 0 Å². The fourth-order valence-corrected chi connectivity index (χ4v) is 3.79. The lowest BCUT2D eigenvalue weighted by Gasteiger charge is -2.15. The summed E-state index contributed by atoms with van der Waals surface area (Å²) >= 11 is 5.94. The van der Waals surface area contributed by atoms with Gasteiger partial charge in [-0.25, -0.2) is 0 Å². The molecule has 7 heteroatoms. The molecule has 0 saturated heterocycles. The van der Waals surface area contributed by atoms with Gasteiger partial charge in [-0.05, 0) is 68.3 Å². The number of anilines is 2. The summed E-state index contributed by atoms with van der Waals surface area (Å²) in [5.41, 5.74) is 12.5. The van der Waals surface area contributed by atoms with E-state index in [1.807, 2.05) is 32.9 Å². The monoisotopic (exact) mass is 434 g/mol. The molecule has 0 aliphatic carbocycles. The van der Waals surface area contributed by atoms with Crippen LogP contribution in [0.5, 0.6) is 0 Å². The van der Waals surface area contributed by atoms with Crippen LogP contribution >= 0.6 is 11.6 Å². The first-order valence-electron chi connectivity index (χ1n) is 9.93. The average Bonchev–Trinajstić information content (AvgIpc) is 3.18. The van der Waals surface area contributed by atoms with Crippen molar-refractivity contribution < 1.29 is 9.59 Å². The minimum absolute atomic E-state index is 0.194. The third-order valence-corrected chi connectivity index (χ3v) is 5.86. The Morgan fingerprint density at radius 3 is 2.52 bits per heavy atom. The highest BCUT2D eigenvalue weighted by Crippen LogP contribution is 2.35. The van der Waals surface area contributed by atoms with Crippen LogP contribution in [0, 0.1) is 13.8 Å². The first-order chi connectivity index (χ1) is 14.7. The van der Waals surface area contributed by atoms with Crippen LogP contribution in [0.25, 0.3) is 11.6 Å². The highest BCUT2D eigenvalue weighted by molar-refractivity contribution is 6.35. The molecule has 1 atom stereocenters. The fraction of sp³-hybridized carbons (Fsp3) is 0.167. The van der Waals surface area contributed by atoms with E-state index in [9.17, 15) is 9.59 Å². The fourth-order valence-electron chi connectivity index (χ4n) is 3.67. The molecule has 0 fully saturated rings. The molecule has 1 aliphatic heterocycles. The molecule has 6 nitrogen and oxygen atoms in total. The van der Waals surface area contributed by atoms with Crippen LogP contribution in [0.15, 0.2) is 42.5 Å². The second kappa shape index (κ2) is 7.96. The number of amides is 2. The number of carbonyl (C=O) groups excluding carboxylic acids is 2. The SMILES string of the molecule is Cc1[nH]c(/C=C2\C(=O)Nc3ccc(C(=O)NC(C)c4ccc(Cl)cc4)cc32)c(C)c1N. The lowest BCUT2D eigenvalue weighted by atomic mass is 10.0. The normalized spacial score (nSPS) is 15.0. The molecule has 2 aromatic carbocycles. The van der Waals surface area contributed by atoms with E-state index in [4.69, 9.17) is 17.3 Å². The maximum absolute atomic E-state index is 12.9. The number of hydrogen-bond donors (Lipinski definition) is 4. The summed E-state index contributed by atoms with van der Waals surface area (Å²) in [6.45, 7) is 5.70. The first-order valence-corrected chi connectivity index (χ1v) is 10.3. The van der Waals surface area contributed by atoms with Gasteiger partial charge < -0.3 is 21.4 Å². The van der Waals surface area contributed by atoms with Crippen molar-refractivity contribution >= 4 is 46.4 Å². The zero-order valence-corrected chi connectivity index (χ0v) is 18.2. The number of hydrogen-bond acceptors (Lipinski definition) is 3. The molecule has 158 valence electrons. The van der Waals surface area contributed by atoms with Crippen molar-refractivity contribution in [3.63, 3.8) is 0 Å². The number of benzene rings is 2. The molecular formula is C24H23ClN4O2. The predicted molar refractivity (Wildman–Crippen MR) is 125 cm³/mol. The number of nitrogens with two attached hydrogens (primary N) is 1. The van der Waals surface area contributed by atoms with Gasteiger partial charge in [-0.3, -0.25) is 9.59 Å². The number of aryl methyl sites for hydroxylation is 1. The second-order valence-corrected chi connectivity index (χ2v) is 8.16. The van der Waals surface area contributed by atoms with E-state index < -0.39 is 0 Å². The molecular weight excluding hydrogens is 412 g/mol. The van der Waals surface area contributed by atoms with Gasteiger partial charge in [0.05, 0.1) is 17.3 Å². The summed E-state index contributed by atoms with van der Waals surface area (Å²) in [5, 5.41) is 6.48. The van der Waals surface area contributed by atoms with E-state index in [0.717, 1.165) is 22.5 Å². The molecule has 0 bridgehead atoms. The minimum Gasteiger partial charge on any atom is -0.397 e. The topological polar surface area (TPSA) is 100 Å². The number of fused-ring (bicyclic) bond motifs is 1. The van der Waals surface area contributed by atoms with Crippen LogP contribution in [-0.4, -0.2) is 16.8 Å². The molecule has 1 unspecified atom stereocenters. The zero-order chi connectivity index (χ0) is 22.3. The van der Waals surface area contributed by atoms with E-state index in [-0.39, 0.29) is 17.9 Å². The average molecular weight is 435 g/mol. The molecule has 2 amide bonds. The first kappa shape index (κ1) is 20.8. The summed E-state index contributed by atoms with van der Waals surface area (Å²) in [5.74, 6) is -0.438. The maximum atomic E-state index is 12.9. The second-order valence-electron chi connectivity index (χ2n) is 7.72. The summed E-state index contributed by atoms with van der Waals surface area (Å²) in [7, 11) is 0. The van der Waals surface area contributed by atoms with Gasteiger partial charge in [-0.1, -0.05) is 23.7 Å². The van der Waals surface area contributed by atoms with Crippen molar-refractivity contribution in [1.29, 1.82) is 0 Å². The van der Waals surface area contributed by atoms with Crippen LogP contribution in [0.3, 0.4) is 0 Å². The van der Waals surface area contributed by atoms with Crippen LogP contribution in [0.1, 0.15) is 51.4 Å². The molecule has 0 saturated carbocycles. The summed E-state index contributed by atoms with van der Waals surface area (Å²) < 4.78 is 0. The van der Waals surface area contributed by atoms with Crippen LogP contribution in [-0.2, 0) is 4.79 Å². The summed E-state index contributed by atoms with van der Waals surface area (Å²) in [6.07, 6.45) is 1.78. The van der Waals surface area contributed by atoms with Gasteiger partial charge >= 0.3 is 0 Å². The van der Waals surface area contributed by atoms with Gasteiger partial charge in [0.2, 0.25) is 0 Å². The van der Waals surface area contributed by atoms with Crippen LogP contribution in [0.4, 0.5) is 11.4 Å². The molecule has 5 N–H and O–H groups in total. The predicted octanol–water partition coefficient (Wildman–Crippen LogP) is 4.85.